The average molecular weight is 347 g/mol. The van der Waals surface area contributed by atoms with Gasteiger partial charge in [0.05, 0.1) is 23.2 Å². The molecule has 2 aromatic heterocycles. The summed E-state index contributed by atoms with van der Waals surface area (Å²) in [4.78, 5) is 14.2. The first-order chi connectivity index (χ1) is 11.6. The van der Waals surface area contributed by atoms with Gasteiger partial charge in [0.2, 0.25) is 0 Å². The van der Waals surface area contributed by atoms with E-state index < -0.39 is 0 Å². The predicted octanol–water partition coefficient (Wildman–Crippen LogP) is 3.41. The first-order valence-corrected chi connectivity index (χ1v) is 9.44. The zero-order chi connectivity index (χ0) is 17.1. The normalized spacial score (nSPS) is 17.4. The molecule has 0 bridgehead atoms. The number of amides is 1. The average Bonchev–Trinajstić information content (AvgIpc) is 3.28. The minimum atomic E-state index is -0.0125. The lowest BCUT2D eigenvalue weighted by Crippen LogP contribution is -2.27. The number of carbonyl (C=O) groups is 1. The van der Waals surface area contributed by atoms with Gasteiger partial charge in [-0.3, -0.25) is 9.48 Å². The SMILES string of the molecule is CCc1c(C)nn(CCNC(=O)c2ccc(C3CCCO3)s2)c1C. The van der Waals surface area contributed by atoms with Crippen LogP contribution in [0.15, 0.2) is 12.1 Å². The molecular weight excluding hydrogens is 322 g/mol. The number of carbonyl (C=O) groups excluding carboxylic acids is 1. The number of nitrogens with one attached hydrogen (secondary N) is 1. The highest BCUT2D eigenvalue weighted by atomic mass is 32.1. The highest BCUT2D eigenvalue weighted by molar-refractivity contribution is 7.14. The van der Waals surface area contributed by atoms with Gasteiger partial charge in [-0.2, -0.15) is 5.10 Å². The molecule has 1 N–H and O–H groups in total. The second kappa shape index (κ2) is 7.49. The summed E-state index contributed by atoms with van der Waals surface area (Å²) in [5, 5.41) is 7.55. The Hall–Kier alpha value is -1.66. The maximum absolute atomic E-state index is 12.3. The number of rotatable bonds is 6. The van der Waals surface area contributed by atoms with Gasteiger partial charge in [0.1, 0.15) is 0 Å². The summed E-state index contributed by atoms with van der Waals surface area (Å²) in [7, 11) is 0. The molecule has 1 saturated heterocycles. The van der Waals surface area contributed by atoms with Crippen molar-refractivity contribution < 1.29 is 9.53 Å². The molecule has 130 valence electrons. The van der Waals surface area contributed by atoms with E-state index in [4.69, 9.17) is 4.74 Å². The lowest BCUT2D eigenvalue weighted by atomic mass is 10.1. The molecule has 1 atom stereocenters. The summed E-state index contributed by atoms with van der Waals surface area (Å²) in [6.45, 7) is 8.38. The smallest absolute Gasteiger partial charge is 0.261 e. The summed E-state index contributed by atoms with van der Waals surface area (Å²) in [5.74, 6) is -0.0125. The van der Waals surface area contributed by atoms with Gasteiger partial charge < -0.3 is 10.1 Å². The fraction of sp³-hybridized carbons (Fsp3) is 0.556. The van der Waals surface area contributed by atoms with Gasteiger partial charge in [0, 0.05) is 23.7 Å². The van der Waals surface area contributed by atoms with Gasteiger partial charge in [-0.05, 0) is 50.8 Å². The highest BCUT2D eigenvalue weighted by Gasteiger charge is 2.20. The number of aromatic nitrogens is 2. The van der Waals surface area contributed by atoms with Crippen molar-refractivity contribution in [2.24, 2.45) is 0 Å². The first-order valence-electron chi connectivity index (χ1n) is 8.62. The van der Waals surface area contributed by atoms with Crippen molar-refractivity contribution in [3.05, 3.63) is 38.8 Å². The molecule has 0 spiro atoms. The molecule has 1 unspecified atom stereocenters. The van der Waals surface area contributed by atoms with E-state index in [0.717, 1.165) is 41.3 Å². The lowest BCUT2D eigenvalue weighted by Gasteiger charge is -2.07. The third kappa shape index (κ3) is 3.54. The van der Waals surface area contributed by atoms with E-state index in [1.54, 1.807) is 0 Å². The van der Waals surface area contributed by atoms with Gasteiger partial charge in [-0.25, -0.2) is 0 Å². The predicted molar refractivity (Wildman–Crippen MR) is 95.7 cm³/mol. The lowest BCUT2D eigenvalue weighted by molar-refractivity contribution is 0.0956. The molecule has 1 amide bonds. The molecule has 1 fully saturated rings. The zero-order valence-electron chi connectivity index (χ0n) is 14.6. The van der Waals surface area contributed by atoms with E-state index in [0.29, 0.717) is 13.1 Å². The van der Waals surface area contributed by atoms with E-state index in [2.05, 4.69) is 24.3 Å². The largest absolute Gasteiger partial charge is 0.373 e. The van der Waals surface area contributed by atoms with Gasteiger partial charge in [0.15, 0.2) is 0 Å². The molecule has 24 heavy (non-hydrogen) atoms. The van der Waals surface area contributed by atoms with E-state index in [9.17, 15) is 4.79 Å². The Morgan fingerprint density at radius 1 is 1.46 bits per heavy atom. The van der Waals surface area contributed by atoms with Crippen LogP contribution in [-0.2, 0) is 17.7 Å². The quantitative estimate of drug-likeness (QED) is 0.871. The molecule has 0 aliphatic carbocycles. The molecule has 0 radical (unpaired) electrons. The zero-order valence-corrected chi connectivity index (χ0v) is 15.4. The van der Waals surface area contributed by atoms with Crippen molar-refractivity contribution in [1.29, 1.82) is 0 Å². The molecule has 5 nitrogen and oxygen atoms in total. The Balaban J connectivity index is 1.54. The second-order valence-electron chi connectivity index (χ2n) is 6.19. The first kappa shape index (κ1) is 17.2. The minimum Gasteiger partial charge on any atom is -0.373 e. The Kier molecular flexibility index (Phi) is 5.36. The fourth-order valence-electron chi connectivity index (χ4n) is 3.28. The van der Waals surface area contributed by atoms with Crippen molar-refractivity contribution in [3.63, 3.8) is 0 Å². The summed E-state index contributed by atoms with van der Waals surface area (Å²) in [5.41, 5.74) is 3.59. The van der Waals surface area contributed by atoms with Crippen molar-refractivity contribution in [2.75, 3.05) is 13.2 Å². The number of aryl methyl sites for hydroxylation is 1. The van der Waals surface area contributed by atoms with Gasteiger partial charge in [0.25, 0.3) is 5.91 Å². The number of hydrogen-bond donors (Lipinski definition) is 1. The van der Waals surface area contributed by atoms with Crippen LogP contribution >= 0.6 is 11.3 Å². The maximum Gasteiger partial charge on any atom is 0.261 e. The van der Waals surface area contributed by atoms with Crippen molar-refractivity contribution in [3.8, 4) is 0 Å². The summed E-state index contributed by atoms with van der Waals surface area (Å²) >= 11 is 1.54. The van der Waals surface area contributed by atoms with E-state index in [1.807, 2.05) is 23.7 Å². The summed E-state index contributed by atoms with van der Waals surface area (Å²) in [6.07, 6.45) is 3.33. The van der Waals surface area contributed by atoms with Crippen molar-refractivity contribution >= 4 is 17.2 Å². The topological polar surface area (TPSA) is 56.2 Å². The number of hydrogen-bond acceptors (Lipinski definition) is 4. The summed E-state index contributed by atoms with van der Waals surface area (Å²) < 4.78 is 7.66. The molecular formula is C18H25N3O2S. The molecule has 3 rings (SSSR count). The second-order valence-corrected chi connectivity index (χ2v) is 7.30. The number of thiophene rings is 1. The van der Waals surface area contributed by atoms with Crippen molar-refractivity contribution in [2.45, 2.75) is 52.7 Å². The Bertz CT molecular complexity index is 714. The fourth-order valence-corrected chi connectivity index (χ4v) is 4.28. The van der Waals surface area contributed by atoms with Crippen LogP contribution in [0.3, 0.4) is 0 Å². The monoisotopic (exact) mass is 347 g/mol. The van der Waals surface area contributed by atoms with Gasteiger partial charge >= 0.3 is 0 Å². The minimum absolute atomic E-state index is 0.0125. The van der Waals surface area contributed by atoms with Gasteiger partial charge in [-0.1, -0.05) is 6.92 Å². The van der Waals surface area contributed by atoms with Crippen LogP contribution in [-0.4, -0.2) is 28.8 Å². The highest BCUT2D eigenvalue weighted by Crippen LogP contribution is 2.33. The third-order valence-electron chi connectivity index (χ3n) is 4.59. The number of nitrogens with zero attached hydrogens (tertiary/aromatic N) is 2. The van der Waals surface area contributed by atoms with Crippen LogP contribution in [0.2, 0.25) is 0 Å². The Morgan fingerprint density at radius 2 is 2.29 bits per heavy atom. The summed E-state index contributed by atoms with van der Waals surface area (Å²) in [6, 6.07) is 3.92. The van der Waals surface area contributed by atoms with Crippen LogP contribution < -0.4 is 5.32 Å². The molecule has 0 aromatic carbocycles. The standard InChI is InChI=1S/C18H25N3O2S/c1-4-14-12(2)20-21(13(14)3)10-9-19-18(22)17-8-7-16(24-17)15-6-5-11-23-15/h7-8,15H,4-6,9-11H2,1-3H3,(H,19,22). The number of ether oxygens (including phenoxy) is 1. The third-order valence-corrected chi connectivity index (χ3v) is 5.77. The molecule has 1 aliphatic rings. The molecule has 1 aliphatic heterocycles. The molecule has 6 heteroatoms. The van der Waals surface area contributed by atoms with E-state index >= 15 is 0 Å². The Morgan fingerprint density at radius 3 is 2.96 bits per heavy atom. The van der Waals surface area contributed by atoms with Crippen LogP contribution in [0.1, 0.15) is 57.4 Å². The Labute approximate surface area is 147 Å². The molecule has 0 saturated carbocycles. The molecule has 2 aromatic rings. The van der Waals surface area contributed by atoms with E-state index in [1.165, 1.54) is 22.6 Å². The van der Waals surface area contributed by atoms with Crippen LogP contribution in [0, 0.1) is 13.8 Å². The van der Waals surface area contributed by atoms with E-state index in [-0.39, 0.29) is 12.0 Å². The molecule has 3 heterocycles. The van der Waals surface area contributed by atoms with Gasteiger partial charge in [-0.15, -0.1) is 11.3 Å². The van der Waals surface area contributed by atoms with Crippen LogP contribution in [0.5, 0.6) is 0 Å². The maximum atomic E-state index is 12.3. The van der Waals surface area contributed by atoms with Crippen LogP contribution in [0.4, 0.5) is 0 Å². The van der Waals surface area contributed by atoms with Crippen molar-refractivity contribution in [1.82, 2.24) is 15.1 Å². The van der Waals surface area contributed by atoms with Crippen LogP contribution in [0.25, 0.3) is 0 Å².